The van der Waals surface area contributed by atoms with Gasteiger partial charge in [-0.25, -0.2) is 0 Å². The zero-order chi connectivity index (χ0) is 49.6. The third-order valence-corrected chi connectivity index (χ3v) is 12.9. The van der Waals surface area contributed by atoms with Gasteiger partial charge in [0.05, 0.1) is 19.8 Å². The van der Waals surface area contributed by atoms with Gasteiger partial charge >= 0.3 is 11.9 Å². The Morgan fingerprint density at radius 2 is 0.838 bits per heavy atom. The Hall–Kier alpha value is -2.02. The highest BCUT2D eigenvalue weighted by Crippen LogP contribution is 2.26. The molecule has 2 aliphatic rings. The largest absolute Gasteiger partial charge is 0.462 e. The first-order valence-corrected chi connectivity index (χ1v) is 26.9. The number of aliphatic hydroxyl groups excluding tert-OH is 7. The number of carbonyl (C=O) groups is 2. The lowest BCUT2D eigenvalue weighted by molar-refractivity contribution is -0.332. The summed E-state index contributed by atoms with van der Waals surface area (Å²) >= 11 is 0. The molecule has 2 aliphatic heterocycles. The van der Waals surface area contributed by atoms with Crippen molar-refractivity contribution < 1.29 is 73.8 Å². The molecule has 15 heteroatoms. The molecule has 0 spiro atoms. The van der Waals surface area contributed by atoms with Gasteiger partial charge in [0.2, 0.25) is 0 Å². The van der Waals surface area contributed by atoms with Gasteiger partial charge < -0.3 is 64.2 Å². The molecule has 68 heavy (non-hydrogen) atoms. The van der Waals surface area contributed by atoms with E-state index < -0.39 is 92.7 Å². The number of rotatable bonds is 42. The highest BCUT2D eigenvalue weighted by atomic mass is 16.7. The zero-order valence-corrected chi connectivity index (χ0v) is 42.1. The minimum absolute atomic E-state index is 0.160. The van der Waals surface area contributed by atoms with E-state index in [0.29, 0.717) is 12.8 Å². The summed E-state index contributed by atoms with van der Waals surface area (Å²) in [4.78, 5) is 25.8. The van der Waals surface area contributed by atoms with Crippen molar-refractivity contribution in [2.45, 2.75) is 274 Å². The van der Waals surface area contributed by atoms with Crippen LogP contribution in [0.2, 0.25) is 0 Å². The van der Waals surface area contributed by atoms with Crippen LogP contribution in [0.25, 0.3) is 0 Å². The quantitative estimate of drug-likeness (QED) is 0.0175. The van der Waals surface area contributed by atoms with Gasteiger partial charge in [0.25, 0.3) is 0 Å². The number of allylic oxidation sites excluding steroid dienone is 4. The number of hydrogen-bond donors (Lipinski definition) is 7. The van der Waals surface area contributed by atoms with Crippen LogP contribution in [0.4, 0.5) is 0 Å². The van der Waals surface area contributed by atoms with Crippen molar-refractivity contribution in [3.63, 3.8) is 0 Å². The maximum Gasteiger partial charge on any atom is 0.306 e. The third-order valence-electron chi connectivity index (χ3n) is 12.9. The number of ether oxygens (including phenoxy) is 6. The first-order chi connectivity index (χ1) is 33.0. The molecule has 0 aliphatic carbocycles. The Kier molecular flexibility index (Phi) is 37.0. The van der Waals surface area contributed by atoms with E-state index in [4.69, 9.17) is 28.4 Å². The minimum Gasteiger partial charge on any atom is -0.462 e. The van der Waals surface area contributed by atoms with Crippen molar-refractivity contribution in [2.75, 3.05) is 26.4 Å². The van der Waals surface area contributed by atoms with Gasteiger partial charge in [-0.3, -0.25) is 9.59 Å². The Morgan fingerprint density at radius 3 is 1.29 bits per heavy atom. The van der Waals surface area contributed by atoms with E-state index in [1.807, 2.05) is 0 Å². The summed E-state index contributed by atoms with van der Waals surface area (Å²) < 4.78 is 33.6. The molecule has 0 amide bonds. The fraction of sp³-hybridized carbons (Fsp3) is 0.887. The maximum atomic E-state index is 13.0. The molecule has 0 bridgehead atoms. The van der Waals surface area contributed by atoms with Crippen LogP contribution in [0.5, 0.6) is 0 Å². The lowest BCUT2D eigenvalue weighted by Crippen LogP contribution is -2.61. The molecule has 0 aromatic rings. The van der Waals surface area contributed by atoms with E-state index >= 15 is 0 Å². The Labute approximate surface area is 409 Å². The summed E-state index contributed by atoms with van der Waals surface area (Å²) in [6.07, 6.45) is 24.8. The second kappa shape index (κ2) is 40.6. The van der Waals surface area contributed by atoms with Crippen molar-refractivity contribution in [3.05, 3.63) is 24.3 Å². The topological polar surface area (TPSA) is 231 Å². The van der Waals surface area contributed by atoms with Crippen molar-refractivity contribution in [1.29, 1.82) is 0 Å². The average molecular weight is 973 g/mol. The van der Waals surface area contributed by atoms with Crippen LogP contribution in [0, 0.1) is 0 Å². The van der Waals surface area contributed by atoms with E-state index in [0.717, 1.165) is 70.6 Å². The summed E-state index contributed by atoms with van der Waals surface area (Å²) in [6, 6.07) is 0. The number of hydrogen-bond acceptors (Lipinski definition) is 15. The lowest BCUT2D eigenvalue weighted by Gasteiger charge is -2.42. The summed E-state index contributed by atoms with van der Waals surface area (Å²) in [7, 11) is 0. The monoisotopic (exact) mass is 973 g/mol. The number of esters is 2. The minimum atomic E-state index is -1.76. The number of aliphatic hydroxyl groups is 7. The van der Waals surface area contributed by atoms with Gasteiger partial charge in [0.15, 0.2) is 18.7 Å². The van der Waals surface area contributed by atoms with Gasteiger partial charge in [-0.05, 0) is 64.2 Å². The van der Waals surface area contributed by atoms with Crippen LogP contribution in [0.3, 0.4) is 0 Å². The van der Waals surface area contributed by atoms with Crippen LogP contribution >= 0.6 is 0 Å². The van der Waals surface area contributed by atoms with E-state index in [2.05, 4.69) is 38.2 Å². The summed E-state index contributed by atoms with van der Waals surface area (Å²) in [5.74, 6) is -0.934. The molecular formula is C53H96O15. The van der Waals surface area contributed by atoms with Gasteiger partial charge in [0.1, 0.15) is 55.4 Å². The van der Waals surface area contributed by atoms with Crippen LogP contribution in [0.15, 0.2) is 24.3 Å². The van der Waals surface area contributed by atoms with Crippen molar-refractivity contribution in [1.82, 2.24) is 0 Å². The molecule has 2 rings (SSSR count). The van der Waals surface area contributed by atoms with Crippen LogP contribution in [-0.4, -0.2) is 142 Å². The third kappa shape index (κ3) is 28.1. The highest BCUT2D eigenvalue weighted by Gasteiger charge is 2.47. The van der Waals surface area contributed by atoms with Crippen molar-refractivity contribution in [2.24, 2.45) is 0 Å². The fourth-order valence-electron chi connectivity index (χ4n) is 8.44. The maximum absolute atomic E-state index is 13.0. The molecule has 0 aromatic carbocycles. The summed E-state index contributed by atoms with van der Waals surface area (Å²) in [6.45, 7) is 2.58. The Bertz CT molecular complexity index is 1280. The van der Waals surface area contributed by atoms with Gasteiger partial charge in [-0.1, -0.05) is 154 Å². The lowest BCUT2D eigenvalue weighted by atomic mass is 9.98. The van der Waals surface area contributed by atoms with Gasteiger partial charge in [-0.2, -0.15) is 0 Å². The molecule has 2 heterocycles. The van der Waals surface area contributed by atoms with Crippen molar-refractivity contribution >= 4 is 11.9 Å². The predicted octanol–water partition coefficient (Wildman–Crippen LogP) is 7.94. The van der Waals surface area contributed by atoms with Crippen molar-refractivity contribution in [3.8, 4) is 0 Å². The smallest absolute Gasteiger partial charge is 0.306 e. The Balaban J connectivity index is 1.79. The van der Waals surface area contributed by atoms with E-state index in [1.165, 1.54) is 96.3 Å². The fourth-order valence-corrected chi connectivity index (χ4v) is 8.44. The van der Waals surface area contributed by atoms with E-state index in [9.17, 15) is 45.3 Å². The predicted molar refractivity (Wildman–Crippen MR) is 261 cm³/mol. The summed E-state index contributed by atoms with van der Waals surface area (Å²) in [5.41, 5.74) is 0. The number of unbranched alkanes of at least 4 members (excludes halogenated alkanes) is 24. The summed E-state index contributed by atoms with van der Waals surface area (Å²) in [5, 5.41) is 72.1. The highest BCUT2D eigenvalue weighted by molar-refractivity contribution is 5.70. The molecule has 0 saturated carbocycles. The second-order valence-corrected chi connectivity index (χ2v) is 19.0. The first-order valence-electron chi connectivity index (χ1n) is 26.9. The molecule has 2 fully saturated rings. The number of carbonyl (C=O) groups excluding carboxylic acids is 2. The average Bonchev–Trinajstić information content (AvgIpc) is 3.33. The molecule has 11 unspecified atom stereocenters. The van der Waals surface area contributed by atoms with Gasteiger partial charge in [0, 0.05) is 12.8 Å². The molecule has 15 nitrogen and oxygen atoms in total. The zero-order valence-electron chi connectivity index (χ0n) is 42.1. The molecule has 0 aromatic heterocycles. The normalized spacial score (nSPS) is 25.9. The SMILES string of the molecule is CCCCCCC/C=C\CCCCCCCC(=O)OCC(COC1OC(COC2OC(CO)C(O)C(O)C2O)C(O)C(O)C1O)OC(=O)CCCCCCCCC/C=C\CCCCCCCCC. The van der Waals surface area contributed by atoms with Crippen LogP contribution in [-0.2, 0) is 38.0 Å². The standard InChI is InChI=1S/C53H96O15/c1-3-5-7-9-11-13-15-17-19-20-21-22-24-26-28-30-32-34-36-45(56)66-41(38-63-44(55)35-33-31-29-27-25-23-18-16-14-12-10-8-6-4-2)39-64-52-51(62)49(60)47(58)43(68-52)40-65-53-50(61)48(59)46(57)42(37-54)67-53/h16,18-20,41-43,46-54,57-62H,3-15,17,21-40H2,1-2H3/b18-16-,20-19-. The molecule has 398 valence electrons. The molecule has 7 N–H and O–H groups in total. The Morgan fingerprint density at radius 1 is 0.456 bits per heavy atom. The van der Waals surface area contributed by atoms with Crippen LogP contribution < -0.4 is 0 Å². The molecule has 2 saturated heterocycles. The van der Waals surface area contributed by atoms with E-state index in [-0.39, 0.29) is 26.1 Å². The molecular weight excluding hydrogens is 877 g/mol. The van der Waals surface area contributed by atoms with Gasteiger partial charge in [-0.15, -0.1) is 0 Å². The molecule has 0 radical (unpaired) electrons. The van der Waals surface area contributed by atoms with E-state index in [1.54, 1.807) is 0 Å². The molecule has 11 atom stereocenters. The first kappa shape index (κ1) is 62.1. The van der Waals surface area contributed by atoms with Crippen LogP contribution in [0.1, 0.15) is 206 Å². The second-order valence-electron chi connectivity index (χ2n) is 19.0.